The molecule has 0 unspecified atom stereocenters. The molecule has 9 nitrogen and oxygen atoms in total. The van der Waals surface area contributed by atoms with Crippen molar-refractivity contribution >= 4 is 27.6 Å². The number of esters is 1. The summed E-state index contributed by atoms with van der Waals surface area (Å²) in [5.74, 6) is -0.887. The highest BCUT2D eigenvalue weighted by Gasteiger charge is 2.32. The number of aryl methyl sites for hydroxylation is 1. The molecule has 1 saturated heterocycles. The predicted molar refractivity (Wildman–Crippen MR) is 132 cm³/mol. The van der Waals surface area contributed by atoms with E-state index in [2.05, 4.69) is 5.32 Å². The fourth-order valence-electron chi connectivity index (χ4n) is 4.14. The third-order valence-electron chi connectivity index (χ3n) is 6.05. The Morgan fingerprint density at radius 1 is 1.06 bits per heavy atom. The molecule has 1 atom stereocenters. The Kier molecular flexibility index (Phi) is 9.11. The Bertz CT molecular complexity index is 1140. The van der Waals surface area contributed by atoms with E-state index in [1.165, 1.54) is 37.8 Å². The van der Waals surface area contributed by atoms with Crippen molar-refractivity contribution in [3.8, 4) is 11.5 Å². The third kappa shape index (κ3) is 6.73. The number of rotatable bonds is 10. The van der Waals surface area contributed by atoms with Crippen LogP contribution in [-0.2, 0) is 26.0 Å². The van der Waals surface area contributed by atoms with Gasteiger partial charge in [0.25, 0.3) is 0 Å². The van der Waals surface area contributed by atoms with Crippen LogP contribution >= 0.6 is 0 Å². The summed E-state index contributed by atoms with van der Waals surface area (Å²) < 4.78 is 42.6. The zero-order valence-electron chi connectivity index (χ0n) is 20.3. The summed E-state index contributed by atoms with van der Waals surface area (Å²) in [5, 5.41) is 2.76. The number of methoxy groups -OCH3 is 3. The van der Waals surface area contributed by atoms with Crippen molar-refractivity contribution in [3.05, 3.63) is 53.6 Å². The molecule has 10 heteroatoms. The monoisotopic (exact) mass is 504 g/mol. The van der Waals surface area contributed by atoms with Gasteiger partial charge in [0.1, 0.15) is 0 Å². The lowest BCUT2D eigenvalue weighted by molar-refractivity contribution is -0.120. The van der Waals surface area contributed by atoms with Crippen molar-refractivity contribution in [2.24, 2.45) is 5.92 Å². The van der Waals surface area contributed by atoms with Crippen LogP contribution in [0.2, 0.25) is 0 Å². The molecule has 1 N–H and O–H groups in total. The second kappa shape index (κ2) is 12.0. The Balaban J connectivity index is 1.68. The molecule has 1 aliphatic rings. The van der Waals surface area contributed by atoms with E-state index in [0.717, 1.165) is 5.56 Å². The van der Waals surface area contributed by atoms with Gasteiger partial charge in [-0.25, -0.2) is 17.5 Å². The molecule has 0 spiro atoms. The molecule has 0 radical (unpaired) electrons. The molecular weight excluding hydrogens is 472 g/mol. The number of benzene rings is 2. The predicted octanol–water partition coefficient (Wildman–Crippen LogP) is 3.10. The highest BCUT2D eigenvalue weighted by molar-refractivity contribution is 7.89. The van der Waals surface area contributed by atoms with Gasteiger partial charge in [0.05, 0.1) is 44.3 Å². The van der Waals surface area contributed by atoms with Gasteiger partial charge in [-0.2, -0.15) is 0 Å². The van der Waals surface area contributed by atoms with Gasteiger partial charge < -0.3 is 19.5 Å². The van der Waals surface area contributed by atoms with Crippen LogP contribution in [0.1, 0.15) is 35.2 Å². The van der Waals surface area contributed by atoms with Gasteiger partial charge >= 0.3 is 5.97 Å². The van der Waals surface area contributed by atoms with E-state index < -0.39 is 21.9 Å². The van der Waals surface area contributed by atoms with E-state index in [-0.39, 0.29) is 29.5 Å². The minimum Gasteiger partial charge on any atom is -0.493 e. The molecular formula is C25H32N2O7S. The molecule has 0 bridgehead atoms. The fourth-order valence-corrected chi connectivity index (χ4v) is 5.72. The molecule has 1 fully saturated rings. The second-order valence-electron chi connectivity index (χ2n) is 8.34. The minimum atomic E-state index is -3.50. The van der Waals surface area contributed by atoms with Crippen molar-refractivity contribution in [3.63, 3.8) is 0 Å². The number of hydrogen-bond donors (Lipinski definition) is 1. The summed E-state index contributed by atoms with van der Waals surface area (Å²) >= 11 is 0. The minimum absolute atomic E-state index is 0.0262. The van der Waals surface area contributed by atoms with Crippen molar-refractivity contribution < 1.29 is 32.2 Å². The number of ether oxygens (including phenoxy) is 3. The number of hydrogen-bond acceptors (Lipinski definition) is 7. The third-order valence-corrected chi connectivity index (χ3v) is 7.97. The van der Waals surface area contributed by atoms with Gasteiger partial charge in [0.2, 0.25) is 15.9 Å². The first-order chi connectivity index (χ1) is 16.8. The molecule has 2 aromatic carbocycles. The molecule has 0 aliphatic carbocycles. The Morgan fingerprint density at radius 3 is 2.40 bits per heavy atom. The smallest absolute Gasteiger partial charge is 0.340 e. The maximum atomic E-state index is 13.1. The van der Waals surface area contributed by atoms with Gasteiger partial charge in [-0.05, 0) is 31.2 Å². The first kappa shape index (κ1) is 26.5. The number of nitrogens with one attached hydrogen (secondary N) is 1. The standard InChI is InChI=1S/C25H32N2O7S/c1-32-22-15-20(25(29)34-3)21(16-23(22)33-2)26-24(28)19-12-7-13-27(17-19)35(30,31)14-8-11-18-9-5-4-6-10-18/h4-6,9-10,15-16,19H,7-8,11-14,17H2,1-3H3,(H,26,28)/t19-/m1/s1. The van der Waals surface area contributed by atoms with Crippen LogP contribution in [0.25, 0.3) is 0 Å². The second-order valence-corrected chi connectivity index (χ2v) is 10.4. The van der Waals surface area contributed by atoms with E-state index in [1.807, 2.05) is 30.3 Å². The van der Waals surface area contributed by atoms with Crippen molar-refractivity contribution in [2.45, 2.75) is 25.7 Å². The van der Waals surface area contributed by atoms with Crippen LogP contribution in [0.15, 0.2) is 42.5 Å². The molecule has 3 rings (SSSR count). The van der Waals surface area contributed by atoms with E-state index >= 15 is 0 Å². The van der Waals surface area contributed by atoms with Gasteiger partial charge in [-0.15, -0.1) is 0 Å². The van der Waals surface area contributed by atoms with E-state index in [0.29, 0.717) is 43.7 Å². The lowest BCUT2D eigenvalue weighted by Gasteiger charge is -2.31. The number of anilines is 1. The molecule has 1 amide bonds. The topological polar surface area (TPSA) is 111 Å². The number of sulfonamides is 1. The summed E-state index contributed by atoms with van der Waals surface area (Å²) in [6.07, 6.45) is 2.30. The average molecular weight is 505 g/mol. The molecule has 0 saturated carbocycles. The molecule has 1 aliphatic heterocycles. The number of carbonyl (C=O) groups excluding carboxylic acids is 2. The highest BCUT2D eigenvalue weighted by atomic mass is 32.2. The van der Waals surface area contributed by atoms with Crippen LogP contribution < -0.4 is 14.8 Å². The lowest BCUT2D eigenvalue weighted by atomic mass is 9.98. The lowest BCUT2D eigenvalue weighted by Crippen LogP contribution is -2.44. The molecule has 2 aromatic rings. The number of carbonyl (C=O) groups is 2. The van der Waals surface area contributed by atoms with Gasteiger partial charge in [0, 0.05) is 25.2 Å². The van der Waals surface area contributed by atoms with Gasteiger partial charge in [-0.3, -0.25) is 4.79 Å². The highest BCUT2D eigenvalue weighted by Crippen LogP contribution is 2.34. The molecule has 190 valence electrons. The summed E-state index contributed by atoms with van der Waals surface area (Å²) in [6, 6.07) is 12.7. The summed E-state index contributed by atoms with van der Waals surface area (Å²) in [6.45, 7) is 0.488. The summed E-state index contributed by atoms with van der Waals surface area (Å²) in [5.41, 5.74) is 1.41. The average Bonchev–Trinajstić information content (AvgIpc) is 2.88. The first-order valence-corrected chi connectivity index (χ1v) is 13.1. The van der Waals surface area contributed by atoms with Gasteiger partial charge in [-0.1, -0.05) is 30.3 Å². The maximum absolute atomic E-state index is 13.1. The largest absolute Gasteiger partial charge is 0.493 e. The summed E-state index contributed by atoms with van der Waals surface area (Å²) in [4.78, 5) is 25.4. The number of nitrogens with zero attached hydrogens (tertiary/aromatic N) is 1. The Labute approximate surface area is 206 Å². The number of piperidine rings is 1. The van der Waals surface area contributed by atoms with Crippen molar-refractivity contribution in [1.29, 1.82) is 0 Å². The van der Waals surface area contributed by atoms with Crippen LogP contribution in [-0.4, -0.2) is 64.8 Å². The van der Waals surface area contributed by atoms with Crippen LogP contribution in [0.5, 0.6) is 11.5 Å². The van der Waals surface area contributed by atoms with E-state index in [9.17, 15) is 18.0 Å². The van der Waals surface area contributed by atoms with Crippen molar-refractivity contribution in [2.75, 3.05) is 45.5 Å². The van der Waals surface area contributed by atoms with Crippen LogP contribution in [0.4, 0.5) is 5.69 Å². The van der Waals surface area contributed by atoms with Crippen LogP contribution in [0.3, 0.4) is 0 Å². The fraction of sp³-hybridized carbons (Fsp3) is 0.440. The number of amides is 1. The quantitative estimate of drug-likeness (QED) is 0.495. The van der Waals surface area contributed by atoms with E-state index in [1.54, 1.807) is 0 Å². The Morgan fingerprint density at radius 2 is 1.74 bits per heavy atom. The van der Waals surface area contributed by atoms with Gasteiger partial charge in [0.15, 0.2) is 11.5 Å². The van der Waals surface area contributed by atoms with Crippen LogP contribution in [0, 0.1) is 5.92 Å². The SMILES string of the molecule is COC(=O)c1cc(OC)c(OC)cc1NC(=O)[C@@H]1CCCN(S(=O)(=O)CCCc2ccccc2)C1. The normalized spacial score (nSPS) is 16.4. The summed E-state index contributed by atoms with van der Waals surface area (Å²) in [7, 11) is 0.633. The zero-order valence-corrected chi connectivity index (χ0v) is 21.1. The molecule has 35 heavy (non-hydrogen) atoms. The first-order valence-electron chi connectivity index (χ1n) is 11.5. The molecule has 0 aromatic heterocycles. The molecule has 1 heterocycles. The van der Waals surface area contributed by atoms with Crippen molar-refractivity contribution in [1.82, 2.24) is 4.31 Å². The zero-order chi connectivity index (χ0) is 25.4. The maximum Gasteiger partial charge on any atom is 0.340 e. The Hall–Kier alpha value is -3.11. The van der Waals surface area contributed by atoms with E-state index in [4.69, 9.17) is 14.2 Å².